The average Bonchev–Trinajstić information content (AvgIpc) is 2.80. The second kappa shape index (κ2) is 4.84. The Morgan fingerprint density at radius 3 is 2.48 bits per heavy atom. The van der Waals surface area contributed by atoms with Crippen molar-refractivity contribution in [3.8, 4) is 0 Å². The minimum Gasteiger partial charge on any atom is -0.460 e. The monoisotopic (exact) mass is 287 g/mol. The predicted molar refractivity (Wildman–Crippen MR) is 82.5 cm³/mol. The summed E-state index contributed by atoms with van der Waals surface area (Å²) >= 11 is 0. The van der Waals surface area contributed by atoms with E-state index in [-0.39, 0.29) is 22.9 Å². The molecule has 2 bridgehead atoms. The van der Waals surface area contributed by atoms with Crippen LogP contribution in [0.2, 0.25) is 0 Å². The third-order valence-electron chi connectivity index (χ3n) is 6.38. The fourth-order valence-electron chi connectivity index (χ4n) is 4.32. The van der Waals surface area contributed by atoms with E-state index in [1.807, 2.05) is 30.3 Å². The van der Waals surface area contributed by atoms with Gasteiger partial charge in [-0.05, 0) is 36.2 Å². The van der Waals surface area contributed by atoms with E-state index in [0.29, 0.717) is 5.92 Å². The van der Waals surface area contributed by atoms with Crippen molar-refractivity contribution in [2.45, 2.75) is 52.2 Å². The molecule has 4 unspecified atom stereocenters. The van der Waals surface area contributed by atoms with E-state index in [4.69, 9.17) is 10.5 Å². The zero-order chi connectivity index (χ0) is 15.3. The molecule has 4 atom stereocenters. The van der Waals surface area contributed by atoms with Crippen LogP contribution in [0, 0.1) is 16.7 Å². The number of carbonyl (C=O) groups excluding carboxylic acids is 1. The van der Waals surface area contributed by atoms with Gasteiger partial charge in [0.15, 0.2) is 0 Å². The molecule has 2 N–H and O–H groups in total. The van der Waals surface area contributed by atoms with E-state index >= 15 is 0 Å². The molecular weight excluding hydrogens is 262 g/mol. The standard InChI is InChI=1S/C18H25NO2/c1-17(2)13-9-10-18(17,3)14(11-13)21-16(20)15(19)12-7-5-4-6-8-12/h4-8,13-15H,9-11,19H2,1-3H3. The van der Waals surface area contributed by atoms with E-state index in [1.54, 1.807) is 0 Å². The second-order valence-electron chi connectivity index (χ2n) is 7.42. The van der Waals surface area contributed by atoms with Crippen molar-refractivity contribution in [3.63, 3.8) is 0 Å². The van der Waals surface area contributed by atoms with Gasteiger partial charge in [-0.2, -0.15) is 0 Å². The van der Waals surface area contributed by atoms with Gasteiger partial charge >= 0.3 is 5.97 Å². The van der Waals surface area contributed by atoms with E-state index in [1.165, 1.54) is 6.42 Å². The molecule has 3 rings (SSSR count). The Morgan fingerprint density at radius 2 is 1.95 bits per heavy atom. The van der Waals surface area contributed by atoms with Crippen molar-refractivity contribution in [1.29, 1.82) is 0 Å². The van der Waals surface area contributed by atoms with Crippen LogP contribution in [0.15, 0.2) is 30.3 Å². The maximum Gasteiger partial charge on any atom is 0.327 e. The molecule has 2 aliphatic rings. The number of fused-ring (bicyclic) bond motifs is 2. The van der Waals surface area contributed by atoms with Gasteiger partial charge in [0.05, 0.1) is 0 Å². The lowest BCUT2D eigenvalue weighted by atomic mass is 9.70. The number of hydrogen-bond donors (Lipinski definition) is 1. The summed E-state index contributed by atoms with van der Waals surface area (Å²) in [5.74, 6) is 0.365. The summed E-state index contributed by atoms with van der Waals surface area (Å²) < 4.78 is 5.84. The fourth-order valence-corrected chi connectivity index (χ4v) is 4.32. The summed E-state index contributed by atoms with van der Waals surface area (Å²) in [5.41, 5.74) is 7.20. The maximum atomic E-state index is 12.4. The van der Waals surface area contributed by atoms with Crippen LogP contribution >= 0.6 is 0 Å². The first-order chi connectivity index (χ1) is 9.86. The van der Waals surface area contributed by atoms with Gasteiger partial charge in [-0.3, -0.25) is 0 Å². The molecule has 0 heterocycles. The highest BCUT2D eigenvalue weighted by molar-refractivity contribution is 5.77. The van der Waals surface area contributed by atoms with Crippen molar-refractivity contribution >= 4 is 5.97 Å². The molecule has 3 heteroatoms. The normalized spacial score (nSPS) is 34.7. The van der Waals surface area contributed by atoms with Crippen LogP contribution in [0.4, 0.5) is 0 Å². The maximum absolute atomic E-state index is 12.4. The van der Waals surface area contributed by atoms with Crippen molar-refractivity contribution < 1.29 is 9.53 Å². The molecule has 2 aliphatic carbocycles. The summed E-state index contributed by atoms with van der Waals surface area (Å²) in [4.78, 5) is 12.4. The zero-order valence-electron chi connectivity index (χ0n) is 13.1. The number of carbonyl (C=O) groups is 1. The molecule has 0 spiro atoms. The van der Waals surface area contributed by atoms with Crippen LogP contribution in [0.25, 0.3) is 0 Å². The molecule has 0 aromatic heterocycles. The van der Waals surface area contributed by atoms with Crippen LogP contribution in [0.5, 0.6) is 0 Å². The SMILES string of the molecule is CC1(C)C2CCC1(C)C(OC(=O)C(N)c1ccccc1)C2. The third-order valence-corrected chi connectivity index (χ3v) is 6.38. The summed E-state index contributed by atoms with van der Waals surface area (Å²) in [6.45, 7) is 6.90. The van der Waals surface area contributed by atoms with Gasteiger partial charge in [0.25, 0.3) is 0 Å². The first-order valence-electron chi connectivity index (χ1n) is 7.87. The molecule has 21 heavy (non-hydrogen) atoms. The molecule has 114 valence electrons. The molecular formula is C18H25NO2. The Hall–Kier alpha value is -1.35. The Bertz CT molecular complexity index is 539. The lowest BCUT2D eigenvalue weighted by molar-refractivity contribution is -0.158. The van der Waals surface area contributed by atoms with Crippen molar-refractivity contribution in [2.75, 3.05) is 0 Å². The number of benzene rings is 1. The molecule has 2 saturated carbocycles. The van der Waals surface area contributed by atoms with E-state index in [2.05, 4.69) is 20.8 Å². The van der Waals surface area contributed by atoms with Crippen LogP contribution in [0.3, 0.4) is 0 Å². The van der Waals surface area contributed by atoms with Crippen LogP contribution in [0.1, 0.15) is 51.6 Å². The van der Waals surface area contributed by atoms with Gasteiger partial charge in [-0.1, -0.05) is 51.1 Å². The third kappa shape index (κ3) is 2.10. The molecule has 0 amide bonds. The molecule has 0 saturated heterocycles. The van der Waals surface area contributed by atoms with Gasteiger partial charge < -0.3 is 10.5 Å². The summed E-state index contributed by atoms with van der Waals surface area (Å²) in [6, 6.07) is 8.77. The highest BCUT2D eigenvalue weighted by Gasteiger charge is 2.62. The highest BCUT2D eigenvalue weighted by Crippen LogP contribution is 2.66. The lowest BCUT2D eigenvalue weighted by Crippen LogP contribution is -2.40. The van der Waals surface area contributed by atoms with Crippen LogP contribution < -0.4 is 5.73 Å². The minimum atomic E-state index is -0.683. The zero-order valence-corrected chi connectivity index (χ0v) is 13.1. The van der Waals surface area contributed by atoms with Gasteiger partial charge in [0, 0.05) is 5.41 Å². The van der Waals surface area contributed by atoms with E-state index < -0.39 is 6.04 Å². The van der Waals surface area contributed by atoms with Gasteiger partial charge in [0.2, 0.25) is 0 Å². The van der Waals surface area contributed by atoms with Crippen LogP contribution in [-0.4, -0.2) is 12.1 Å². The summed E-state index contributed by atoms with van der Waals surface area (Å²) in [7, 11) is 0. The first-order valence-corrected chi connectivity index (χ1v) is 7.87. The quantitative estimate of drug-likeness (QED) is 0.866. The Kier molecular flexibility index (Phi) is 3.36. The van der Waals surface area contributed by atoms with E-state index in [0.717, 1.165) is 18.4 Å². The Labute approximate surface area is 126 Å². The molecule has 1 aromatic carbocycles. The number of hydrogen-bond acceptors (Lipinski definition) is 3. The molecule has 0 aliphatic heterocycles. The molecule has 1 aromatic rings. The highest BCUT2D eigenvalue weighted by atomic mass is 16.5. The molecule has 0 radical (unpaired) electrons. The van der Waals surface area contributed by atoms with Crippen molar-refractivity contribution in [3.05, 3.63) is 35.9 Å². The smallest absolute Gasteiger partial charge is 0.327 e. The van der Waals surface area contributed by atoms with Gasteiger partial charge in [-0.15, -0.1) is 0 Å². The Balaban J connectivity index is 1.72. The molecule has 3 nitrogen and oxygen atoms in total. The number of ether oxygens (including phenoxy) is 1. The predicted octanol–water partition coefficient (Wildman–Crippen LogP) is 3.44. The fraction of sp³-hybridized carbons (Fsp3) is 0.611. The summed E-state index contributed by atoms with van der Waals surface area (Å²) in [5, 5.41) is 0. The topological polar surface area (TPSA) is 52.3 Å². The summed E-state index contributed by atoms with van der Waals surface area (Å²) in [6.07, 6.45) is 3.39. The van der Waals surface area contributed by atoms with Crippen molar-refractivity contribution in [2.24, 2.45) is 22.5 Å². The largest absolute Gasteiger partial charge is 0.460 e. The van der Waals surface area contributed by atoms with Gasteiger partial charge in [0.1, 0.15) is 12.1 Å². The van der Waals surface area contributed by atoms with Crippen LogP contribution in [-0.2, 0) is 9.53 Å². The first kappa shape index (κ1) is 14.6. The lowest BCUT2D eigenvalue weighted by Gasteiger charge is -2.38. The second-order valence-corrected chi connectivity index (χ2v) is 7.42. The Morgan fingerprint density at radius 1 is 1.29 bits per heavy atom. The number of esters is 1. The number of rotatable bonds is 3. The van der Waals surface area contributed by atoms with E-state index in [9.17, 15) is 4.79 Å². The number of nitrogens with two attached hydrogens (primary N) is 1. The molecule has 2 fully saturated rings. The van der Waals surface area contributed by atoms with Gasteiger partial charge in [-0.25, -0.2) is 4.79 Å². The van der Waals surface area contributed by atoms with Crippen molar-refractivity contribution in [1.82, 2.24) is 0 Å². The minimum absolute atomic E-state index is 0.00788. The average molecular weight is 287 g/mol.